The quantitative estimate of drug-likeness (QED) is 0.646. The number of aromatic amines is 1. The zero-order chi connectivity index (χ0) is 23.2. The van der Waals surface area contributed by atoms with Crippen LogP contribution in [-0.4, -0.2) is 52.2 Å². The lowest BCUT2D eigenvalue weighted by Gasteiger charge is -2.33. The highest BCUT2D eigenvalue weighted by atomic mass is 16.2. The molecule has 7 heteroatoms. The first-order chi connectivity index (χ1) is 15.9. The van der Waals surface area contributed by atoms with Gasteiger partial charge in [0, 0.05) is 43.7 Å². The molecule has 7 nitrogen and oxygen atoms in total. The van der Waals surface area contributed by atoms with Gasteiger partial charge in [-0.3, -0.25) is 14.5 Å². The normalized spacial score (nSPS) is 21.6. The molecule has 3 N–H and O–H groups in total. The Balaban J connectivity index is 1.39. The number of hydrogen-bond donors (Lipinski definition) is 2. The number of hydrogen-bond acceptors (Lipinski definition) is 4. The average Bonchev–Trinajstić information content (AvgIpc) is 3.38. The second-order valence-corrected chi connectivity index (χ2v) is 9.23. The van der Waals surface area contributed by atoms with Gasteiger partial charge in [0.1, 0.15) is 0 Å². The summed E-state index contributed by atoms with van der Waals surface area (Å²) in [5, 5.41) is 1.14. The van der Waals surface area contributed by atoms with Gasteiger partial charge in [-0.15, -0.1) is 0 Å². The monoisotopic (exact) mass is 443 g/mol. The lowest BCUT2D eigenvalue weighted by molar-refractivity contribution is -0.133. The number of nitrogens with zero attached hydrogens (tertiary/aromatic N) is 3. The molecular formula is C26H29N5O2. The van der Waals surface area contributed by atoms with Crippen molar-refractivity contribution in [2.75, 3.05) is 19.6 Å². The number of carbonyl (C=O) groups excluding carboxylic acids is 2. The minimum absolute atomic E-state index is 0.0917. The number of nitrogens with two attached hydrogens (primary N) is 1. The largest absolute Gasteiger partial charge is 0.369 e. The predicted octanol–water partition coefficient (Wildman–Crippen LogP) is 3.47. The summed E-state index contributed by atoms with van der Waals surface area (Å²) in [6.07, 6.45) is 3.66. The maximum absolute atomic E-state index is 13.6. The Kier molecular flexibility index (Phi) is 5.19. The Labute approximate surface area is 193 Å². The van der Waals surface area contributed by atoms with Gasteiger partial charge >= 0.3 is 0 Å². The SMILES string of the molecule is CC(=O)N1CCC(CN2C(=O)C(C)(c3cccc(-c4cccc5[nH]ccc45)c3)N=C2N)CC1. The van der Waals surface area contributed by atoms with Crippen molar-refractivity contribution in [2.24, 2.45) is 16.6 Å². The van der Waals surface area contributed by atoms with Crippen LogP contribution in [0.4, 0.5) is 0 Å². The molecule has 0 bridgehead atoms. The van der Waals surface area contributed by atoms with Crippen LogP contribution in [0.25, 0.3) is 22.0 Å². The fourth-order valence-corrected chi connectivity index (χ4v) is 5.08. The van der Waals surface area contributed by atoms with Crippen molar-refractivity contribution < 1.29 is 9.59 Å². The van der Waals surface area contributed by atoms with E-state index in [4.69, 9.17) is 5.73 Å². The minimum atomic E-state index is -1.05. The van der Waals surface area contributed by atoms with Gasteiger partial charge in [-0.1, -0.05) is 30.3 Å². The summed E-state index contributed by atoms with van der Waals surface area (Å²) in [5.41, 5.74) is 9.27. The molecule has 5 rings (SSSR count). The number of piperidine rings is 1. The van der Waals surface area contributed by atoms with E-state index in [0.717, 1.165) is 53.5 Å². The molecule has 1 atom stereocenters. The van der Waals surface area contributed by atoms with E-state index in [2.05, 4.69) is 28.2 Å². The zero-order valence-corrected chi connectivity index (χ0v) is 19.0. The molecule has 1 saturated heterocycles. The molecule has 0 saturated carbocycles. The van der Waals surface area contributed by atoms with Crippen molar-refractivity contribution in [1.82, 2.24) is 14.8 Å². The minimum Gasteiger partial charge on any atom is -0.369 e. The Bertz CT molecular complexity index is 1250. The molecule has 0 spiro atoms. The number of likely N-dealkylation sites (tertiary alicyclic amines) is 1. The van der Waals surface area contributed by atoms with Crippen molar-refractivity contribution in [3.63, 3.8) is 0 Å². The van der Waals surface area contributed by atoms with E-state index in [1.54, 1.807) is 11.8 Å². The van der Waals surface area contributed by atoms with Gasteiger partial charge in [0.25, 0.3) is 5.91 Å². The lowest BCUT2D eigenvalue weighted by atomic mass is 9.88. The van der Waals surface area contributed by atoms with E-state index in [0.29, 0.717) is 12.5 Å². The van der Waals surface area contributed by atoms with Crippen LogP contribution in [0.2, 0.25) is 0 Å². The molecule has 3 aromatic rings. The van der Waals surface area contributed by atoms with Crippen LogP contribution in [0.15, 0.2) is 59.7 Å². The first kappa shape index (κ1) is 21.2. The molecule has 170 valence electrons. The van der Waals surface area contributed by atoms with E-state index >= 15 is 0 Å². The molecule has 1 unspecified atom stereocenters. The van der Waals surface area contributed by atoms with Gasteiger partial charge < -0.3 is 15.6 Å². The van der Waals surface area contributed by atoms with Gasteiger partial charge in [-0.25, -0.2) is 4.99 Å². The van der Waals surface area contributed by atoms with Crippen LogP contribution in [0.5, 0.6) is 0 Å². The number of benzene rings is 2. The van der Waals surface area contributed by atoms with Crippen molar-refractivity contribution in [2.45, 2.75) is 32.2 Å². The fourth-order valence-electron chi connectivity index (χ4n) is 5.08. The molecular weight excluding hydrogens is 414 g/mol. The number of carbonyl (C=O) groups is 2. The summed E-state index contributed by atoms with van der Waals surface area (Å²) in [4.78, 5) is 36.6. The lowest BCUT2D eigenvalue weighted by Crippen LogP contribution is -2.46. The third-order valence-corrected chi connectivity index (χ3v) is 7.11. The highest BCUT2D eigenvalue weighted by molar-refractivity contribution is 6.07. The highest BCUT2D eigenvalue weighted by Gasteiger charge is 2.46. The number of rotatable bonds is 4. The van der Waals surface area contributed by atoms with Gasteiger partial charge in [0.05, 0.1) is 0 Å². The topological polar surface area (TPSA) is 94.8 Å². The summed E-state index contributed by atoms with van der Waals surface area (Å²) in [6, 6.07) is 16.3. The number of guanidine groups is 1. The predicted molar refractivity (Wildman–Crippen MR) is 129 cm³/mol. The molecule has 2 aliphatic rings. The standard InChI is InChI=1S/C26H29N5O2/c1-17(32)30-13-10-18(11-14-30)16-31-24(33)26(2,29-25(31)27)20-6-3-5-19(15-20)21-7-4-8-23-22(21)9-12-28-23/h3-9,12,15,18,28H,10-11,13-14,16H2,1-2H3,(H2,27,29). The molecule has 0 radical (unpaired) electrons. The van der Waals surface area contributed by atoms with E-state index in [1.807, 2.05) is 48.4 Å². The van der Waals surface area contributed by atoms with Crippen molar-refractivity contribution in [1.29, 1.82) is 0 Å². The van der Waals surface area contributed by atoms with Crippen molar-refractivity contribution >= 4 is 28.7 Å². The number of H-pyrrole nitrogens is 1. The maximum Gasteiger partial charge on any atom is 0.261 e. The number of aromatic nitrogens is 1. The number of nitrogens with one attached hydrogen (secondary N) is 1. The zero-order valence-electron chi connectivity index (χ0n) is 19.0. The average molecular weight is 444 g/mol. The molecule has 3 heterocycles. The van der Waals surface area contributed by atoms with Gasteiger partial charge in [0.15, 0.2) is 11.5 Å². The smallest absolute Gasteiger partial charge is 0.261 e. The number of fused-ring (bicyclic) bond motifs is 1. The summed E-state index contributed by atoms with van der Waals surface area (Å²) in [7, 11) is 0. The summed E-state index contributed by atoms with van der Waals surface area (Å²) in [5.74, 6) is 0.591. The third-order valence-electron chi connectivity index (χ3n) is 7.11. The van der Waals surface area contributed by atoms with Crippen LogP contribution < -0.4 is 5.73 Å². The van der Waals surface area contributed by atoms with Crippen LogP contribution in [-0.2, 0) is 15.1 Å². The van der Waals surface area contributed by atoms with Crippen LogP contribution in [0.1, 0.15) is 32.3 Å². The molecule has 2 aliphatic heterocycles. The maximum atomic E-state index is 13.6. The second-order valence-electron chi connectivity index (χ2n) is 9.23. The number of aliphatic imine (C=N–C) groups is 1. The Morgan fingerprint density at radius 2 is 1.94 bits per heavy atom. The Hall–Kier alpha value is -3.61. The Morgan fingerprint density at radius 1 is 1.18 bits per heavy atom. The van der Waals surface area contributed by atoms with E-state index in [-0.39, 0.29) is 17.8 Å². The van der Waals surface area contributed by atoms with Crippen LogP contribution in [0.3, 0.4) is 0 Å². The summed E-state index contributed by atoms with van der Waals surface area (Å²) in [6.45, 7) is 5.44. The molecule has 2 amide bonds. The van der Waals surface area contributed by atoms with Crippen LogP contribution >= 0.6 is 0 Å². The van der Waals surface area contributed by atoms with Gasteiger partial charge in [0.2, 0.25) is 5.91 Å². The molecule has 1 aromatic heterocycles. The molecule has 2 aromatic carbocycles. The second kappa shape index (κ2) is 8.06. The van der Waals surface area contributed by atoms with Crippen molar-refractivity contribution in [3.05, 3.63) is 60.3 Å². The highest BCUT2D eigenvalue weighted by Crippen LogP contribution is 2.37. The van der Waals surface area contributed by atoms with Crippen LogP contribution in [0, 0.1) is 5.92 Å². The molecule has 1 fully saturated rings. The van der Waals surface area contributed by atoms with E-state index < -0.39 is 5.54 Å². The van der Waals surface area contributed by atoms with Gasteiger partial charge in [-0.05, 0) is 60.6 Å². The number of amides is 2. The summed E-state index contributed by atoms with van der Waals surface area (Å²) >= 11 is 0. The Morgan fingerprint density at radius 3 is 2.70 bits per heavy atom. The van der Waals surface area contributed by atoms with Gasteiger partial charge in [-0.2, -0.15) is 0 Å². The summed E-state index contributed by atoms with van der Waals surface area (Å²) < 4.78 is 0. The fraction of sp³-hybridized carbons (Fsp3) is 0.346. The first-order valence-electron chi connectivity index (χ1n) is 11.5. The van der Waals surface area contributed by atoms with Crippen molar-refractivity contribution in [3.8, 4) is 11.1 Å². The van der Waals surface area contributed by atoms with E-state index in [1.165, 1.54) is 0 Å². The molecule has 33 heavy (non-hydrogen) atoms. The third kappa shape index (κ3) is 3.67. The van der Waals surface area contributed by atoms with E-state index in [9.17, 15) is 9.59 Å². The first-order valence-corrected chi connectivity index (χ1v) is 11.5. The molecule has 0 aliphatic carbocycles.